The summed E-state index contributed by atoms with van der Waals surface area (Å²) in [6.07, 6.45) is -0.580. The quantitative estimate of drug-likeness (QED) is 0.635. The highest BCUT2D eigenvalue weighted by atomic mass is 16.6. The highest BCUT2D eigenvalue weighted by Crippen LogP contribution is 2.40. The van der Waals surface area contributed by atoms with Gasteiger partial charge in [-0.1, -0.05) is 25.1 Å². The molecule has 0 saturated carbocycles. The maximum absolute atomic E-state index is 13.1. The Morgan fingerprint density at radius 1 is 1.33 bits per heavy atom. The van der Waals surface area contributed by atoms with Crippen LogP contribution in [0.25, 0.3) is 22.3 Å². The van der Waals surface area contributed by atoms with Gasteiger partial charge in [0.05, 0.1) is 22.5 Å². The number of aliphatic hydroxyl groups is 1. The summed E-state index contributed by atoms with van der Waals surface area (Å²) in [6, 6.07) is 11.2. The predicted octanol–water partition coefficient (Wildman–Crippen LogP) is 1.54. The number of cyclic esters (lactones) is 1. The number of aromatic nitrogens is 2. The highest BCUT2D eigenvalue weighted by Gasteiger charge is 2.46. The number of nitrogens with zero attached hydrogens (tertiary/aromatic N) is 2. The molecule has 27 heavy (non-hydrogen) atoms. The van der Waals surface area contributed by atoms with Gasteiger partial charge in [0.25, 0.3) is 5.56 Å². The Morgan fingerprint density at radius 3 is 2.89 bits per heavy atom. The molecule has 2 atom stereocenters. The lowest BCUT2D eigenvalue weighted by Gasteiger charge is -2.32. The minimum absolute atomic E-state index is 0.103. The average Bonchev–Trinajstić information content (AvgIpc) is 2.95. The van der Waals surface area contributed by atoms with Gasteiger partial charge in [0.2, 0.25) is 0 Å². The van der Waals surface area contributed by atoms with Crippen molar-refractivity contribution < 1.29 is 14.6 Å². The third-order valence-corrected chi connectivity index (χ3v) is 5.58. The molecule has 5 rings (SSSR count). The second-order valence-corrected chi connectivity index (χ2v) is 6.95. The largest absolute Gasteiger partial charge is 0.458 e. The van der Waals surface area contributed by atoms with Crippen molar-refractivity contribution in [1.82, 2.24) is 9.55 Å². The van der Waals surface area contributed by atoms with E-state index in [2.05, 4.69) is 0 Å². The van der Waals surface area contributed by atoms with Crippen molar-refractivity contribution in [1.29, 1.82) is 0 Å². The number of fused-ring (bicyclic) bond motifs is 5. The van der Waals surface area contributed by atoms with Crippen LogP contribution in [0.1, 0.15) is 36.2 Å². The number of hydrogen-bond donors (Lipinski definition) is 2. The summed E-state index contributed by atoms with van der Waals surface area (Å²) >= 11 is 0. The van der Waals surface area contributed by atoms with Crippen LogP contribution in [-0.2, 0) is 21.7 Å². The Kier molecular flexibility index (Phi) is 3.14. The van der Waals surface area contributed by atoms with E-state index in [1.807, 2.05) is 30.3 Å². The smallest absolute Gasteiger partial charge is 0.343 e. The van der Waals surface area contributed by atoms with Crippen LogP contribution in [0.4, 0.5) is 0 Å². The maximum Gasteiger partial charge on any atom is 0.343 e. The van der Waals surface area contributed by atoms with E-state index in [4.69, 9.17) is 15.5 Å². The van der Waals surface area contributed by atoms with Gasteiger partial charge in [0.15, 0.2) is 5.60 Å². The van der Waals surface area contributed by atoms with E-state index < -0.39 is 17.7 Å². The van der Waals surface area contributed by atoms with Crippen molar-refractivity contribution in [3.63, 3.8) is 0 Å². The standard InChI is InChI=1S/C20H17N3O4/c1-2-20(26)13-8-15-16-11(7-10-5-3-4-6-14(10)22-16)17(21)23(15)18(24)12(13)9-27-19(20)25/h3-8,17,26H,2,9,21H2,1H3. The molecule has 0 spiro atoms. The molecule has 2 aliphatic heterocycles. The third-order valence-electron chi connectivity index (χ3n) is 5.58. The first-order valence-corrected chi connectivity index (χ1v) is 8.80. The first kappa shape index (κ1) is 16.2. The number of hydrogen-bond acceptors (Lipinski definition) is 6. The number of carbonyl (C=O) groups excluding carboxylic acids is 1. The summed E-state index contributed by atoms with van der Waals surface area (Å²) in [6.45, 7) is 1.50. The zero-order valence-electron chi connectivity index (χ0n) is 14.6. The Hall–Kier alpha value is -3.03. The Labute approximate surface area is 154 Å². The second kappa shape index (κ2) is 5.25. The Balaban J connectivity index is 1.85. The number of ether oxygens (including phenoxy) is 1. The second-order valence-electron chi connectivity index (χ2n) is 6.95. The third kappa shape index (κ3) is 1.95. The van der Waals surface area contributed by atoms with Crippen LogP contribution < -0.4 is 11.3 Å². The lowest BCUT2D eigenvalue weighted by molar-refractivity contribution is -0.172. The van der Waals surface area contributed by atoms with E-state index in [-0.39, 0.29) is 29.7 Å². The zero-order valence-corrected chi connectivity index (χ0v) is 14.6. The summed E-state index contributed by atoms with van der Waals surface area (Å²) < 4.78 is 6.53. The summed E-state index contributed by atoms with van der Waals surface area (Å²) in [5.41, 5.74) is 7.33. The van der Waals surface area contributed by atoms with Crippen molar-refractivity contribution >= 4 is 16.9 Å². The van der Waals surface area contributed by atoms with Crippen molar-refractivity contribution in [2.75, 3.05) is 0 Å². The number of nitrogens with two attached hydrogens (primary N) is 1. The van der Waals surface area contributed by atoms with Gasteiger partial charge in [0, 0.05) is 16.5 Å². The molecule has 0 aliphatic carbocycles. The Morgan fingerprint density at radius 2 is 2.11 bits per heavy atom. The molecular weight excluding hydrogens is 346 g/mol. The molecule has 7 heteroatoms. The van der Waals surface area contributed by atoms with Gasteiger partial charge in [-0.15, -0.1) is 0 Å². The van der Waals surface area contributed by atoms with Crippen LogP contribution >= 0.6 is 0 Å². The Bertz CT molecular complexity index is 1200. The summed E-state index contributed by atoms with van der Waals surface area (Å²) in [7, 11) is 0. The number of rotatable bonds is 1. The average molecular weight is 363 g/mol. The molecule has 0 bridgehead atoms. The van der Waals surface area contributed by atoms with Crippen LogP contribution in [0, 0.1) is 0 Å². The van der Waals surface area contributed by atoms with Gasteiger partial charge in [-0.25, -0.2) is 9.78 Å². The fourth-order valence-corrected chi connectivity index (χ4v) is 4.03. The molecule has 0 radical (unpaired) electrons. The van der Waals surface area contributed by atoms with E-state index in [0.29, 0.717) is 11.4 Å². The lowest BCUT2D eigenvalue weighted by Crippen LogP contribution is -2.45. The van der Waals surface area contributed by atoms with Crippen LogP contribution in [0.15, 0.2) is 41.2 Å². The number of benzene rings is 1. The number of carbonyl (C=O) groups is 1. The van der Waals surface area contributed by atoms with E-state index in [9.17, 15) is 14.7 Å². The molecule has 136 valence electrons. The monoisotopic (exact) mass is 363 g/mol. The molecule has 3 N–H and O–H groups in total. The first-order chi connectivity index (χ1) is 13.0. The molecule has 2 aromatic heterocycles. The predicted molar refractivity (Wildman–Crippen MR) is 97.7 cm³/mol. The summed E-state index contributed by atoms with van der Waals surface area (Å²) in [4.78, 5) is 30.0. The highest BCUT2D eigenvalue weighted by molar-refractivity contribution is 5.86. The maximum atomic E-state index is 13.1. The minimum atomic E-state index is -1.84. The van der Waals surface area contributed by atoms with Crippen LogP contribution in [0.3, 0.4) is 0 Å². The number of pyridine rings is 2. The number of esters is 1. The van der Waals surface area contributed by atoms with Crippen LogP contribution in [0.2, 0.25) is 0 Å². The van der Waals surface area contributed by atoms with Gasteiger partial charge in [-0.3, -0.25) is 9.36 Å². The number of para-hydroxylation sites is 1. The SMILES string of the molecule is CCC1(O)C(=O)OCc2c1cc1n(c2=O)C(N)c2cc3ccccc3nc2-1. The molecule has 4 heterocycles. The summed E-state index contributed by atoms with van der Waals surface area (Å²) in [5, 5.41) is 11.8. The fourth-order valence-electron chi connectivity index (χ4n) is 4.03. The molecule has 3 aromatic rings. The minimum Gasteiger partial charge on any atom is -0.458 e. The van der Waals surface area contributed by atoms with Crippen molar-refractivity contribution in [2.45, 2.75) is 31.7 Å². The molecule has 1 aromatic carbocycles. The fraction of sp³-hybridized carbons (Fsp3) is 0.250. The lowest BCUT2D eigenvalue weighted by atomic mass is 9.86. The van der Waals surface area contributed by atoms with E-state index in [0.717, 1.165) is 16.5 Å². The van der Waals surface area contributed by atoms with E-state index >= 15 is 0 Å². The molecule has 0 saturated heterocycles. The van der Waals surface area contributed by atoms with Gasteiger partial charge in [-0.05, 0) is 24.6 Å². The van der Waals surface area contributed by atoms with Gasteiger partial charge in [-0.2, -0.15) is 0 Å². The van der Waals surface area contributed by atoms with Crippen molar-refractivity contribution in [2.24, 2.45) is 5.73 Å². The molecule has 0 amide bonds. The van der Waals surface area contributed by atoms with Gasteiger partial charge < -0.3 is 15.6 Å². The molecule has 2 aliphatic rings. The molecular formula is C20H17N3O4. The normalized spacial score (nSPS) is 22.9. The van der Waals surface area contributed by atoms with Gasteiger partial charge in [0.1, 0.15) is 12.8 Å². The van der Waals surface area contributed by atoms with E-state index in [1.54, 1.807) is 13.0 Å². The topological polar surface area (TPSA) is 107 Å². The van der Waals surface area contributed by atoms with Gasteiger partial charge >= 0.3 is 5.97 Å². The van der Waals surface area contributed by atoms with Crippen molar-refractivity contribution in [3.8, 4) is 11.4 Å². The molecule has 0 fully saturated rings. The first-order valence-electron chi connectivity index (χ1n) is 8.80. The summed E-state index contributed by atoms with van der Waals surface area (Å²) in [5.74, 6) is -0.740. The molecule has 7 nitrogen and oxygen atoms in total. The van der Waals surface area contributed by atoms with E-state index in [1.165, 1.54) is 4.57 Å². The zero-order chi connectivity index (χ0) is 18.9. The van der Waals surface area contributed by atoms with Crippen molar-refractivity contribution in [3.05, 3.63) is 63.4 Å². The van der Waals surface area contributed by atoms with Crippen LogP contribution in [0.5, 0.6) is 0 Å². The van der Waals surface area contributed by atoms with Crippen LogP contribution in [-0.4, -0.2) is 20.6 Å². The molecule has 2 unspecified atom stereocenters.